The average molecular weight is 459 g/mol. The Labute approximate surface area is 192 Å². The van der Waals surface area contributed by atoms with Gasteiger partial charge in [0.25, 0.3) is 5.84 Å². The summed E-state index contributed by atoms with van der Waals surface area (Å²) >= 11 is 0. The van der Waals surface area contributed by atoms with Gasteiger partial charge in [-0.15, -0.1) is 0 Å². The van der Waals surface area contributed by atoms with E-state index in [0.29, 0.717) is 25.4 Å². The van der Waals surface area contributed by atoms with Crippen molar-refractivity contribution in [1.82, 2.24) is 5.06 Å². The number of aryl methyl sites for hydroxylation is 1. The number of aliphatic carboxylic acids is 2. The molecule has 33 heavy (non-hydrogen) atoms. The Morgan fingerprint density at radius 1 is 1.12 bits per heavy atom. The number of carbonyl (C=O) groups is 2. The van der Waals surface area contributed by atoms with E-state index in [1.165, 1.54) is 10.6 Å². The number of nitrogens with zero attached hydrogens (tertiary/aromatic N) is 1. The molecule has 2 aromatic rings. The van der Waals surface area contributed by atoms with Crippen LogP contribution in [0.3, 0.4) is 0 Å². The third-order valence-electron chi connectivity index (χ3n) is 4.15. The van der Waals surface area contributed by atoms with Gasteiger partial charge in [0, 0.05) is 13.1 Å². The van der Waals surface area contributed by atoms with Crippen LogP contribution in [0.2, 0.25) is 0 Å². The predicted octanol–water partition coefficient (Wildman–Crippen LogP) is -0.831. The fourth-order valence-corrected chi connectivity index (χ4v) is 2.69. The summed E-state index contributed by atoms with van der Waals surface area (Å²) in [7, 11) is 1.74. The molecule has 0 aliphatic rings. The topological polar surface area (TPSA) is 159 Å². The second-order valence-corrected chi connectivity index (χ2v) is 6.76. The molecule has 2 rings (SSSR count). The molecule has 0 bridgehead atoms. The van der Waals surface area contributed by atoms with Crippen molar-refractivity contribution in [3.63, 3.8) is 0 Å². The Balaban J connectivity index is 0.000000582. The minimum Gasteiger partial charge on any atom is -0.545 e. The number of hydrogen-bond donors (Lipinski definition) is 4. The number of hydrogen-bond acceptors (Lipinski definition) is 7. The molecule has 5 N–H and O–H groups in total. The molecule has 0 heterocycles. The number of rotatable bonds is 11. The summed E-state index contributed by atoms with van der Waals surface area (Å²) in [6.07, 6.45) is 0.796. The molecule has 0 amide bonds. The van der Waals surface area contributed by atoms with E-state index in [4.69, 9.17) is 25.6 Å². The van der Waals surface area contributed by atoms with Crippen molar-refractivity contribution >= 4 is 17.8 Å². The van der Waals surface area contributed by atoms with E-state index < -0.39 is 11.9 Å². The van der Waals surface area contributed by atoms with Gasteiger partial charge in [-0.25, -0.2) is 4.79 Å². The third-order valence-corrected chi connectivity index (χ3v) is 4.15. The molecule has 0 aromatic heterocycles. The van der Waals surface area contributed by atoms with E-state index in [1.54, 1.807) is 7.05 Å². The van der Waals surface area contributed by atoms with E-state index >= 15 is 0 Å². The molecular weight excluding hydrogens is 430 g/mol. The quantitative estimate of drug-likeness (QED) is 0.0840. The lowest BCUT2D eigenvalue weighted by Crippen LogP contribution is -2.73. The van der Waals surface area contributed by atoms with Crippen LogP contribution >= 0.6 is 0 Å². The number of amidine groups is 1. The molecule has 0 radical (unpaired) electrons. The molecule has 0 fully saturated rings. The first-order valence-corrected chi connectivity index (χ1v) is 9.94. The second kappa shape index (κ2) is 15.1. The van der Waals surface area contributed by atoms with Gasteiger partial charge >= 0.3 is 5.97 Å². The first-order valence-electron chi connectivity index (χ1n) is 9.94. The van der Waals surface area contributed by atoms with Crippen molar-refractivity contribution in [2.24, 2.45) is 5.73 Å². The number of likely N-dealkylation sites (N-methyl/N-ethyl adjacent to an activating group) is 1. The zero-order valence-corrected chi connectivity index (χ0v) is 18.5. The molecule has 2 aromatic carbocycles. The van der Waals surface area contributed by atoms with Crippen LogP contribution in [-0.4, -0.2) is 60.0 Å². The van der Waals surface area contributed by atoms with E-state index in [2.05, 4.69) is 31.2 Å². The molecular formula is C23H29N3O7. The number of nitrogens with one attached hydrogen (secondary N) is 1. The summed E-state index contributed by atoms with van der Waals surface area (Å²) in [5.74, 6) is -2.59. The van der Waals surface area contributed by atoms with E-state index in [1.807, 2.05) is 35.5 Å². The highest BCUT2D eigenvalue weighted by atomic mass is 16.7. The number of carboxylic acid groups (broad SMARTS) is 2. The Kier molecular flexibility index (Phi) is 12.5. The molecule has 0 saturated carbocycles. The molecule has 10 nitrogen and oxygen atoms in total. The summed E-state index contributed by atoms with van der Waals surface area (Å²) in [4.78, 5) is 24.5. The van der Waals surface area contributed by atoms with Gasteiger partial charge in [0.15, 0.2) is 0 Å². The Bertz CT molecular complexity index is 917. The van der Waals surface area contributed by atoms with Gasteiger partial charge in [0.2, 0.25) is 0 Å². The third kappa shape index (κ3) is 11.5. The van der Waals surface area contributed by atoms with E-state index in [0.717, 1.165) is 11.1 Å². The lowest BCUT2D eigenvalue weighted by Gasteiger charge is -2.21. The van der Waals surface area contributed by atoms with Gasteiger partial charge < -0.3 is 25.0 Å². The highest BCUT2D eigenvalue weighted by Crippen LogP contribution is 2.28. The zero-order valence-electron chi connectivity index (χ0n) is 18.5. The molecule has 178 valence electrons. The average Bonchev–Trinajstić information content (AvgIpc) is 2.79. The molecule has 0 saturated heterocycles. The maximum absolute atomic E-state index is 9.53. The van der Waals surface area contributed by atoms with Crippen LogP contribution in [0.1, 0.15) is 22.8 Å². The van der Waals surface area contributed by atoms with Gasteiger partial charge in [-0.2, -0.15) is 5.06 Å². The van der Waals surface area contributed by atoms with Gasteiger partial charge in [-0.3, -0.25) is 10.6 Å². The second-order valence-electron chi connectivity index (χ2n) is 6.76. The Hall–Kier alpha value is -3.73. The largest absolute Gasteiger partial charge is 0.545 e. The van der Waals surface area contributed by atoms with Crippen molar-refractivity contribution in [3.8, 4) is 0 Å². The SMILES string of the molecule is Cc1ccccc1C(OCCON(C)C/C(N)=[NH+]/O)c1ccccc1.O=C([O-])/C=C\C(=O)O. The van der Waals surface area contributed by atoms with Crippen LogP contribution in [0.4, 0.5) is 0 Å². The number of hydroxylamine groups is 2. The van der Waals surface area contributed by atoms with Gasteiger partial charge in [0.1, 0.15) is 12.6 Å². The standard InChI is InChI=1S/C19H25N3O3.C4H4O4/c1-15-8-6-7-11-17(15)19(16-9-4-3-5-10-16)24-12-13-25-22(2)14-18(20)21-23;5-3(6)1-2-4(7)8/h3-11,19,23H,12-14H2,1-2H3,(H2,20,21);1-2H,(H,5,6)(H,7,8)/b;2-1-. The number of benzene rings is 2. The fourth-order valence-electron chi connectivity index (χ4n) is 2.69. The lowest BCUT2D eigenvalue weighted by atomic mass is 9.97. The maximum atomic E-state index is 9.53. The van der Waals surface area contributed by atoms with Crippen molar-refractivity contribution in [3.05, 3.63) is 83.4 Å². The van der Waals surface area contributed by atoms with Crippen molar-refractivity contribution in [2.75, 3.05) is 26.8 Å². The number of ether oxygens (including phenoxy) is 1. The normalized spacial score (nSPS) is 12.3. The summed E-state index contributed by atoms with van der Waals surface area (Å²) < 4.78 is 6.12. The van der Waals surface area contributed by atoms with Gasteiger partial charge in [-0.1, -0.05) is 59.8 Å². The lowest BCUT2D eigenvalue weighted by molar-refractivity contribution is -0.739. The van der Waals surface area contributed by atoms with Gasteiger partial charge in [0.05, 0.1) is 19.2 Å². The molecule has 0 aliphatic carbocycles. The summed E-state index contributed by atoms with van der Waals surface area (Å²) in [5.41, 5.74) is 8.93. The van der Waals surface area contributed by atoms with Crippen molar-refractivity contribution < 1.29 is 39.7 Å². The van der Waals surface area contributed by atoms with E-state index in [9.17, 15) is 14.7 Å². The summed E-state index contributed by atoms with van der Waals surface area (Å²) in [6, 6.07) is 18.3. The van der Waals surface area contributed by atoms with Crippen LogP contribution in [-0.2, 0) is 19.2 Å². The molecule has 0 spiro atoms. The zero-order chi connectivity index (χ0) is 24.6. The minimum atomic E-state index is -1.51. The summed E-state index contributed by atoms with van der Waals surface area (Å²) in [5, 5.41) is 29.3. The first kappa shape index (κ1) is 27.3. The van der Waals surface area contributed by atoms with Crippen LogP contribution in [0.25, 0.3) is 0 Å². The van der Waals surface area contributed by atoms with Gasteiger partial charge in [-0.05, 0) is 29.7 Å². The van der Waals surface area contributed by atoms with Crippen LogP contribution in [0, 0.1) is 6.92 Å². The minimum absolute atomic E-state index is 0.146. The number of nitrogens with two attached hydrogens (primary N) is 1. The van der Waals surface area contributed by atoms with Crippen LogP contribution < -0.4 is 16.0 Å². The number of carboxylic acids is 2. The van der Waals surface area contributed by atoms with Crippen molar-refractivity contribution in [1.29, 1.82) is 0 Å². The van der Waals surface area contributed by atoms with E-state index in [-0.39, 0.29) is 18.5 Å². The van der Waals surface area contributed by atoms with Crippen molar-refractivity contribution in [2.45, 2.75) is 13.0 Å². The monoisotopic (exact) mass is 459 g/mol. The summed E-state index contributed by atoms with van der Waals surface area (Å²) in [6.45, 7) is 3.16. The Morgan fingerprint density at radius 3 is 2.30 bits per heavy atom. The molecule has 10 heteroatoms. The first-order chi connectivity index (χ1) is 15.7. The molecule has 0 aliphatic heterocycles. The number of carbonyl (C=O) groups excluding carboxylic acids is 1. The van der Waals surface area contributed by atoms with Crippen LogP contribution in [0.5, 0.6) is 0 Å². The highest BCUT2D eigenvalue weighted by molar-refractivity contribution is 5.88. The molecule has 1 unspecified atom stereocenters. The molecule has 1 atom stereocenters. The smallest absolute Gasteiger partial charge is 0.328 e. The predicted molar refractivity (Wildman–Crippen MR) is 118 cm³/mol. The fraction of sp³-hybridized carbons (Fsp3) is 0.261. The Morgan fingerprint density at radius 2 is 1.76 bits per heavy atom. The highest BCUT2D eigenvalue weighted by Gasteiger charge is 2.16. The van der Waals surface area contributed by atoms with Crippen LogP contribution in [0.15, 0.2) is 66.7 Å². The maximum Gasteiger partial charge on any atom is 0.328 e.